The van der Waals surface area contributed by atoms with Crippen LogP contribution in [-0.2, 0) is 6.42 Å². The standard InChI is InChI=1S/C12H14N2S2/c1-7-5-6-15-10(7)12-14-9-4-2-3-8(13)11(9)16-12/h5-6,8H,2-4,13H2,1H3. The molecule has 3 rings (SSSR count). The molecule has 0 amide bonds. The van der Waals surface area contributed by atoms with Gasteiger partial charge in [-0.1, -0.05) is 0 Å². The van der Waals surface area contributed by atoms with Crippen molar-refractivity contribution in [2.45, 2.75) is 32.2 Å². The molecule has 1 aliphatic rings. The number of hydrogen-bond donors (Lipinski definition) is 1. The number of hydrogen-bond acceptors (Lipinski definition) is 4. The van der Waals surface area contributed by atoms with Crippen molar-refractivity contribution in [3.8, 4) is 9.88 Å². The summed E-state index contributed by atoms with van der Waals surface area (Å²) in [6.45, 7) is 2.14. The van der Waals surface area contributed by atoms with Crippen molar-refractivity contribution < 1.29 is 0 Å². The van der Waals surface area contributed by atoms with Crippen molar-refractivity contribution in [2.24, 2.45) is 5.73 Å². The number of rotatable bonds is 1. The molecule has 0 radical (unpaired) electrons. The Morgan fingerprint density at radius 1 is 1.50 bits per heavy atom. The van der Waals surface area contributed by atoms with Crippen LogP contribution in [0.3, 0.4) is 0 Å². The van der Waals surface area contributed by atoms with E-state index < -0.39 is 0 Å². The second-order valence-corrected chi connectivity index (χ2v) is 6.21. The van der Waals surface area contributed by atoms with E-state index >= 15 is 0 Å². The normalized spacial score (nSPS) is 19.8. The molecule has 2 N–H and O–H groups in total. The summed E-state index contributed by atoms with van der Waals surface area (Å²) < 4.78 is 0. The smallest absolute Gasteiger partial charge is 0.134 e. The molecular formula is C12H14N2S2. The van der Waals surface area contributed by atoms with Crippen LogP contribution in [0, 0.1) is 6.92 Å². The molecule has 2 aromatic rings. The number of aromatic nitrogens is 1. The zero-order valence-corrected chi connectivity index (χ0v) is 10.8. The van der Waals surface area contributed by atoms with Gasteiger partial charge in [-0.3, -0.25) is 0 Å². The number of nitrogens with two attached hydrogens (primary N) is 1. The molecule has 1 aliphatic carbocycles. The summed E-state index contributed by atoms with van der Waals surface area (Å²) in [5.41, 5.74) is 8.69. The van der Waals surface area contributed by atoms with Crippen LogP contribution in [0.25, 0.3) is 9.88 Å². The van der Waals surface area contributed by atoms with Crippen molar-refractivity contribution in [2.75, 3.05) is 0 Å². The Morgan fingerprint density at radius 2 is 2.38 bits per heavy atom. The second-order valence-electron chi connectivity index (χ2n) is 4.26. The van der Waals surface area contributed by atoms with Gasteiger partial charge in [0.25, 0.3) is 0 Å². The third kappa shape index (κ3) is 1.61. The quantitative estimate of drug-likeness (QED) is 0.841. The zero-order valence-electron chi connectivity index (χ0n) is 9.19. The van der Waals surface area contributed by atoms with Gasteiger partial charge in [-0.05, 0) is 43.2 Å². The van der Waals surface area contributed by atoms with Gasteiger partial charge >= 0.3 is 0 Å². The Bertz CT molecular complexity index is 513. The second kappa shape index (κ2) is 3.95. The van der Waals surface area contributed by atoms with Gasteiger partial charge in [0.15, 0.2) is 0 Å². The maximum atomic E-state index is 6.12. The van der Waals surface area contributed by atoms with E-state index in [4.69, 9.17) is 10.7 Å². The SMILES string of the molecule is Cc1ccsc1-c1nc2c(s1)C(N)CCC2. The molecule has 0 aliphatic heterocycles. The molecule has 0 aromatic carbocycles. The number of fused-ring (bicyclic) bond motifs is 1. The third-order valence-corrected chi connectivity index (χ3v) is 5.45. The van der Waals surface area contributed by atoms with Gasteiger partial charge in [0, 0.05) is 10.9 Å². The molecular weight excluding hydrogens is 236 g/mol. The molecule has 1 unspecified atom stereocenters. The fraction of sp³-hybridized carbons (Fsp3) is 0.417. The lowest BCUT2D eigenvalue weighted by molar-refractivity contribution is 0.573. The first-order valence-electron chi connectivity index (χ1n) is 5.55. The van der Waals surface area contributed by atoms with Crippen LogP contribution < -0.4 is 5.73 Å². The Hall–Kier alpha value is -0.710. The largest absolute Gasteiger partial charge is 0.323 e. The molecule has 1 atom stereocenters. The molecule has 2 aromatic heterocycles. The lowest BCUT2D eigenvalue weighted by Crippen LogP contribution is -2.15. The lowest BCUT2D eigenvalue weighted by atomic mass is 9.99. The van der Waals surface area contributed by atoms with Gasteiger partial charge in [-0.25, -0.2) is 4.98 Å². The fourth-order valence-electron chi connectivity index (χ4n) is 2.14. The number of aryl methyl sites for hydroxylation is 2. The topological polar surface area (TPSA) is 38.9 Å². The lowest BCUT2D eigenvalue weighted by Gasteiger charge is -2.15. The van der Waals surface area contributed by atoms with Crippen molar-refractivity contribution in [1.82, 2.24) is 4.98 Å². The maximum absolute atomic E-state index is 6.12. The first kappa shape index (κ1) is 10.4. The highest BCUT2D eigenvalue weighted by molar-refractivity contribution is 7.21. The molecule has 0 spiro atoms. The Labute approximate surface area is 103 Å². The fourth-order valence-corrected chi connectivity index (χ4v) is 4.37. The van der Waals surface area contributed by atoms with Crippen LogP contribution in [0.15, 0.2) is 11.4 Å². The molecule has 0 saturated carbocycles. The summed E-state index contributed by atoms with van der Waals surface area (Å²) >= 11 is 3.56. The predicted octanol–water partition coefficient (Wildman–Crippen LogP) is 3.52. The average Bonchev–Trinajstić information content (AvgIpc) is 2.84. The van der Waals surface area contributed by atoms with Gasteiger partial charge in [0.1, 0.15) is 5.01 Å². The van der Waals surface area contributed by atoms with Crippen LogP contribution >= 0.6 is 22.7 Å². The van der Waals surface area contributed by atoms with E-state index in [1.54, 1.807) is 22.7 Å². The highest BCUT2D eigenvalue weighted by atomic mass is 32.1. The van der Waals surface area contributed by atoms with E-state index in [1.165, 1.54) is 27.4 Å². The van der Waals surface area contributed by atoms with E-state index in [9.17, 15) is 0 Å². The molecule has 0 fully saturated rings. The molecule has 0 saturated heterocycles. The Balaban J connectivity index is 2.08. The molecule has 0 bridgehead atoms. The van der Waals surface area contributed by atoms with E-state index in [0.717, 1.165) is 17.8 Å². The van der Waals surface area contributed by atoms with Crippen molar-refractivity contribution in [3.05, 3.63) is 27.6 Å². The summed E-state index contributed by atoms with van der Waals surface area (Å²) in [5, 5.41) is 3.29. The van der Waals surface area contributed by atoms with Crippen molar-refractivity contribution >= 4 is 22.7 Å². The van der Waals surface area contributed by atoms with Gasteiger partial charge < -0.3 is 5.73 Å². The first-order chi connectivity index (χ1) is 7.75. The summed E-state index contributed by atoms with van der Waals surface area (Å²) in [7, 11) is 0. The van der Waals surface area contributed by atoms with Gasteiger partial charge in [0.2, 0.25) is 0 Å². The van der Waals surface area contributed by atoms with Crippen LogP contribution in [0.4, 0.5) is 0 Å². The van der Waals surface area contributed by atoms with Crippen LogP contribution in [0.5, 0.6) is 0 Å². The summed E-state index contributed by atoms with van der Waals surface area (Å²) in [4.78, 5) is 7.38. The molecule has 16 heavy (non-hydrogen) atoms. The maximum Gasteiger partial charge on any atom is 0.134 e. The van der Waals surface area contributed by atoms with E-state index in [-0.39, 0.29) is 6.04 Å². The predicted molar refractivity (Wildman–Crippen MR) is 70.0 cm³/mol. The highest BCUT2D eigenvalue weighted by Crippen LogP contribution is 2.39. The Kier molecular flexibility index (Phi) is 2.58. The Morgan fingerprint density at radius 3 is 3.06 bits per heavy atom. The van der Waals surface area contributed by atoms with E-state index in [0.29, 0.717) is 0 Å². The number of thiophene rings is 1. The molecule has 84 valence electrons. The van der Waals surface area contributed by atoms with Crippen LogP contribution in [0.1, 0.15) is 35.0 Å². The minimum atomic E-state index is 0.218. The van der Waals surface area contributed by atoms with Crippen LogP contribution in [0.2, 0.25) is 0 Å². The summed E-state index contributed by atoms with van der Waals surface area (Å²) in [6, 6.07) is 2.37. The molecule has 2 heterocycles. The highest BCUT2D eigenvalue weighted by Gasteiger charge is 2.22. The monoisotopic (exact) mass is 250 g/mol. The summed E-state index contributed by atoms with van der Waals surface area (Å²) in [6.07, 6.45) is 3.39. The summed E-state index contributed by atoms with van der Waals surface area (Å²) in [5.74, 6) is 0. The first-order valence-corrected chi connectivity index (χ1v) is 7.25. The van der Waals surface area contributed by atoms with Gasteiger partial charge in [-0.2, -0.15) is 0 Å². The number of thiazole rings is 1. The van der Waals surface area contributed by atoms with Crippen LogP contribution in [-0.4, -0.2) is 4.98 Å². The molecule has 2 nitrogen and oxygen atoms in total. The van der Waals surface area contributed by atoms with Crippen molar-refractivity contribution in [1.29, 1.82) is 0 Å². The number of nitrogens with zero attached hydrogens (tertiary/aromatic N) is 1. The minimum absolute atomic E-state index is 0.218. The minimum Gasteiger partial charge on any atom is -0.323 e. The van der Waals surface area contributed by atoms with E-state index in [2.05, 4.69) is 18.4 Å². The van der Waals surface area contributed by atoms with Gasteiger partial charge in [0.05, 0.1) is 10.6 Å². The van der Waals surface area contributed by atoms with Gasteiger partial charge in [-0.15, -0.1) is 22.7 Å². The molecule has 4 heteroatoms. The van der Waals surface area contributed by atoms with E-state index in [1.807, 2.05) is 0 Å². The van der Waals surface area contributed by atoms with Crippen molar-refractivity contribution in [3.63, 3.8) is 0 Å². The third-order valence-electron chi connectivity index (χ3n) is 3.05. The zero-order chi connectivity index (χ0) is 11.1. The average molecular weight is 250 g/mol.